The Balaban J connectivity index is 2.08. The molecule has 0 radical (unpaired) electrons. The van der Waals surface area contributed by atoms with E-state index in [2.05, 4.69) is 18.4 Å². The van der Waals surface area contributed by atoms with E-state index in [1.54, 1.807) is 11.3 Å². The molecule has 1 aromatic heterocycles. The second-order valence-corrected chi connectivity index (χ2v) is 6.01. The van der Waals surface area contributed by atoms with Crippen LogP contribution in [0.25, 0.3) is 0 Å². The van der Waals surface area contributed by atoms with E-state index >= 15 is 0 Å². The SMILES string of the molecule is CCCC(C)(N)C(=O)N1CCc2sccc2C1. The highest BCUT2D eigenvalue weighted by Gasteiger charge is 2.33. The number of carbonyl (C=O) groups is 1. The van der Waals surface area contributed by atoms with Gasteiger partial charge in [-0.1, -0.05) is 13.3 Å². The predicted octanol–water partition coefficient (Wildman–Crippen LogP) is 2.15. The average molecular weight is 252 g/mol. The third-order valence-corrected chi connectivity index (χ3v) is 4.38. The number of hydrogen-bond donors (Lipinski definition) is 1. The minimum absolute atomic E-state index is 0.0937. The molecule has 2 rings (SSSR count). The molecule has 1 aliphatic heterocycles. The van der Waals surface area contributed by atoms with Gasteiger partial charge in [-0.2, -0.15) is 0 Å². The van der Waals surface area contributed by atoms with E-state index in [4.69, 9.17) is 5.73 Å². The molecule has 2 heterocycles. The fourth-order valence-corrected chi connectivity index (χ4v) is 3.30. The van der Waals surface area contributed by atoms with Crippen molar-refractivity contribution in [2.24, 2.45) is 5.73 Å². The molecule has 0 aromatic carbocycles. The summed E-state index contributed by atoms with van der Waals surface area (Å²) in [7, 11) is 0. The van der Waals surface area contributed by atoms with Gasteiger partial charge in [0.2, 0.25) is 5.91 Å². The Kier molecular flexibility index (Phi) is 3.54. The Morgan fingerprint density at radius 2 is 2.41 bits per heavy atom. The van der Waals surface area contributed by atoms with Crippen LogP contribution in [0.15, 0.2) is 11.4 Å². The van der Waals surface area contributed by atoms with Gasteiger partial charge >= 0.3 is 0 Å². The molecule has 1 aliphatic rings. The number of thiophene rings is 1. The summed E-state index contributed by atoms with van der Waals surface area (Å²) >= 11 is 1.79. The Hall–Kier alpha value is -0.870. The van der Waals surface area contributed by atoms with E-state index in [-0.39, 0.29) is 5.91 Å². The van der Waals surface area contributed by atoms with Gasteiger partial charge in [0, 0.05) is 18.0 Å². The van der Waals surface area contributed by atoms with E-state index in [0.717, 1.165) is 32.4 Å². The maximum Gasteiger partial charge on any atom is 0.242 e. The number of nitrogens with two attached hydrogens (primary N) is 1. The number of hydrogen-bond acceptors (Lipinski definition) is 3. The van der Waals surface area contributed by atoms with Gasteiger partial charge in [-0.05, 0) is 36.8 Å². The normalized spacial score (nSPS) is 18.6. The quantitative estimate of drug-likeness (QED) is 0.896. The van der Waals surface area contributed by atoms with Crippen molar-refractivity contribution in [2.45, 2.75) is 45.2 Å². The molecule has 17 heavy (non-hydrogen) atoms. The number of amides is 1. The molecule has 0 saturated carbocycles. The zero-order valence-electron chi connectivity index (χ0n) is 10.5. The fraction of sp³-hybridized carbons (Fsp3) is 0.615. The molecule has 0 bridgehead atoms. The fourth-order valence-electron chi connectivity index (χ4n) is 2.41. The van der Waals surface area contributed by atoms with Crippen molar-refractivity contribution in [3.63, 3.8) is 0 Å². The van der Waals surface area contributed by atoms with Crippen molar-refractivity contribution in [1.82, 2.24) is 4.90 Å². The van der Waals surface area contributed by atoms with Crippen molar-refractivity contribution < 1.29 is 4.79 Å². The van der Waals surface area contributed by atoms with E-state index < -0.39 is 5.54 Å². The maximum atomic E-state index is 12.3. The molecule has 0 aliphatic carbocycles. The minimum atomic E-state index is -0.706. The molecule has 2 N–H and O–H groups in total. The minimum Gasteiger partial charge on any atom is -0.336 e. The first kappa shape index (κ1) is 12.6. The van der Waals surface area contributed by atoms with Crippen LogP contribution in [-0.4, -0.2) is 22.9 Å². The third-order valence-electron chi connectivity index (χ3n) is 3.35. The Labute approximate surface area is 107 Å². The van der Waals surface area contributed by atoms with Gasteiger partial charge in [-0.25, -0.2) is 0 Å². The number of nitrogens with zero attached hydrogens (tertiary/aromatic N) is 1. The van der Waals surface area contributed by atoms with Crippen LogP contribution in [0.3, 0.4) is 0 Å². The van der Waals surface area contributed by atoms with Gasteiger partial charge in [0.15, 0.2) is 0 Å². The van der Waals surface area contributed by atoms with Crippen molar-refractivity contribution in [2.75, 3.05) is 6.54 Å². The lowest BCUT2D eigenvalue weighted by Crippen LogP contribution is -2.54. The van der Waals surface area contributed by atoms with Crippen molar-refractivity contribution >= 4 is 17.2 Å². The van der Waals surface area contributed by atoms with Crippen LogP contribution >= 0.6 is 11.3 Å². The van der Waals surface area contributed by atoms with Crippen LogP contribution < -0.4 is 5.73 Å². The molecule has 1 atom stereocenters. The van der Waals surface area contributed by atoms with Gasteiger partial charge in [0.25, 0.3) is 0 Å². The van der Waals surface area contributed by atoms with E-state index in [9.17, 15) is 4.79 Å². The number of fused-ring (bicyclic) bond motifs is 1. The molecule has 0 fully saturated rings. The predicted molar refractivity (Wildman–Crippen MR) is 70.9 cm³/mol. The monoisotopic (exact) mass is 252 g/mol. The van der Waals surface area contributed by atoms with Gasteiger partial charge in [0.1, 0.15) is 0 Å². The van der Waals surface area contributed by atoms with Gasteiger partial charge in [-0.15, -0.1) is 11.3 Å². The second kappa shape index (κ2) is 4.78. The zero-order valence-corrected chi connectivity index (χ0v) is 11.3. The van der Waals surface area contributed by atoms with Crippen LogP contribution in [0.4, 0.5) is 0 Å². The molecule has 1 amide bonds. The Morgan fingerprint density at radius 3 is 3.12 bits per heavy atom. The van der Waals surface area contributed by atoms with Crippen LogP contribution in [0.1, 0.15) is 37.1 Å². The number of carbonyl (C=O) groups excluding carboxylic acids is 1. The first-order valence-corrected chi connectivity index (χ1v) is 7.06. The summed E-state index contributed by atoms with van der Waals surface area (Å²) in [6.07, 6.45) is 2.66. The summed E-state index contributed by atoms with van der Waals surface area (Å²) in [6.45, 7) is 5.45. The summed E-state index contributed by atoms with van der Waals surface area (Å²) in [6, 6.07) is 2.12. The van der Waals surface area contributed by atoms with E-state index in [1.807, 2.05) is 11.8 Å². The first-order valence-electron chi connectivity index (χ1n) is 6.18. The number of rotatable bonds is 3. The molecule has 0 saturated heterocycles. The average Bonchev–Trinajstić information content (AvgIpc) is 2.74. The second-order valence-electron chi connectivity index (χ2n) is 5.01. The van der Waals surface area contributed by atoms with Crippen LogP contribution in [-0.2, 0) is 17.8 Å². The van der Waals surface area contributed by atoms with Gasteiger partial charge in [-0.3, -0.25) is 4.79 Å². The van der Waals surface area contributed by atoms with Crippen LogP contribution in [0, 0.1) is 0 Å². The van der Waals surface area contributed by atoms with Crippen molar-refractivity contribution in [3.05, 3.63) is 21.9 Å². The maximum absolute atomic E-state index is 12.3. The molecule has 1 unspecified atom stereocenters. The topological polar surface area (TPSA) is 46.3 Å². The zero-order chi connectivity index (χ0) is 12.5. The van der Waals surface area contributed by atoms with Crippen molar-refractivity contribution in [1.29, 1.82) is 0 Å². The molecular weight excluding hydrogens is 232 g/mol. The summed E-state index contributed by atoms with van der Waals surface area (Å²) in [4.78, 5) is 15.7. The molecule has 1 aromatic rings. The highest BCUT2D eigenvalue weighted by atomic mass is 32.1. The summed E-state index contributed by atoms with van der Waals surface area (Å²) in [5.74, 6) is 0.0937. The summed E-state index contributed by atoms with van der Waals surface area (Å²) < 4.78 is 0. The highest BCUT2D eigenvalue weighted by Crippen LogP contribution is 2.25. The lowest BCUT2D eigenvalue weighted by Gasteiger charge is -2.34. The Morgan fingerprint density at radius 1 is 1.65 bits per heavy atom. The highest BCUT2D eigenvalue weighted by molar-refractivity contribution is 7.10. The van der Waals surface area contributed by atoms with E-state index in [1.165, 1.54) is 10.4 Å². The third kappa shape index (κ3) is 2.53. The van der Waals surface area contributed by atoms with Crippen LogP contribution in [0.2, 0.25) is 0 Å². The molecule has 4 heteroatoms. The van der Waals surface area contributed by atoms with Gasteiger partial charge < -0.3 is 10.6 Å². The smallest absolute Gasteiger partial charge is 0.242 e. The molecule has 94 valence electrons. The Bertz CT molecular complexity index is 411. The molecule has 3 nitrogen and oxygen atoms in total. The largest absolute Gasteiger partial charge is 0.336 e. The lowest BCUT2D eigenvalue weighted by atomic mass is 9.94. The van der Waals surface area contributed by atoms with Crippen LogP contribution in [0.5, 0.6) is 0 Å². The van der Waals surface area contributed by atoms with Gasteiger partial charge in [0.05, 0.1) is 5.54 Å². The first-order chi connectivity index (χ1) is 8.04. The molecule has 0 spiro atoms. The summed E-state index contributed by atoms with van der Waals surface area (Å²) in [5.41, 5.74) is 6.70. The van der Waals surface area contributed by atoms with Crippen molar-refractivity contribution in [3.8, 4) is 0 Å². The lowest BCUT2D eigenvalue weighted by molar-refractivity contribution is -0.137. The molecular formula is C13H20N2OS. The standard InChI is InChI=1S/C13H20N2OS/c1-3-6-13(2,14)12(16)15-7-4-11-10(9-15)5-8-17-11/h5,8H,3-4,6-7,9,14H2,1-2H3. The summed E-state index contributed by atoms with van der Waals surface area (Å²) in [5, 5.41) is 2.10. The van der Waals surface area contributed by atoms with E-state index in [0.29, 0.717) is 0 Å².